The van der Waals surface area contributed by atoms with Gasteiger partial charge in [-0.15, -0.1) is 0 Å². The average molecular weight is 269 g/mol. The molecule has 20 heavy (non-hydrogen) atoms. The molecule has 0 aliphatic rings. The molecule has 0 atom stereocenters. The van der Waals surface area contributed by atoms with E-state index in [0.29, 0.717) is 0 Å². The lowest BCUT2D eigenvalue weighted by Gasteiger charge is -2.08. The van der Waals surface area contributed by atoms with Crippen molar-refractivity contribution in [2.24, 2.45) is 5.84 Å². The number of hydrogen-bond acceptors (Lipinski definition) is 5. The molecule has 0 spiro atoms. The molecule has 0 aliphatic heterocycles. The highest BCUT2D eigenvalue weighted by Crippen LogP contribution is 2.22. The molecule has 0 amide bonds. The standard InChI is InChI=1S/C14H12FN5/c15-12-8-17-14(20-16)19-13(12)18-11-6-5-9-3-1-2-4-10(9)7-11/h1-8H,16H2,(H2,17,18,19,20). The molecular weight excluding hydrogens is 257 g/mol. The molecule has 0 unspecified atom stereocenters. The van der Waals surface area contributed by atoms with E-state index in [9.17, 15) is 4.39 Å². The van der Waals surface area contributed by atoms with Crippen LogP contribution < -0.4 is 16.6 Å². The van der Waals surface area contributed by atoms with E-state index in [1.807, 2.05) is 42.5 Å². The maximum Gasteiger partial charge on any atom is 0.239 e. The zero-order valence-electron chi connectivity index (χ0n) is 10.5. The highest BCUT2D eigenvalue weighted by molar-refractivity contribution is 5.86. The Morgan fingerprint density at radius 1 is 1.05 bits per heavy atom. The molecule has 0 aliphatic carbocycles. The third-order valence-electron chi connectivity index (χ3n) is 2.89. The summed E-state index contributed by atoms with van der Waals surface area (Å²) >= 11 is 0. The number of hydrogen-bond donors (Lipinski definition) is 3. The van der Waals surface area contributed by atoms with Crippen LogP contribution in [0.4, 0.5) is 21.8 Å². The Morgan fingerprint density at radius 3 is 2.65 bits per heavy atom. The Labute approximate surface area is 114 Å². The molecule has 6 heteroatoms. The zero-order chi connectivity index (χ0) is 13.9. The second kappa shape index (κ2) is 5.10. The Balaban J connectivity index is 1.96. The van der Waals surface area contributed by atoms with Crippen LogP contribution in [0.5, 0.6) is 0 Å². The van der Waals surface area contributed by atoms with Gasteiger partial charge in [-0.1, -0.05) is 30.3 Å². The van der Waals surface area contributed by atoms with Crippen LogP contribution in [0.2, 0.25) is 0 Å². The summed E-state index contributed by atoms with van der Waals surface area (Å²) in [7, 11) is 0. The SMILES string of the molecule is NNc1ncc(F)c(Nc2ccc3ccccc3c2)n1. The molecule has 0 saturated heterocycles. The maximum atomic E-state index is 13.6. The van der Waals surface area contributed by atoms with Crippen molar-refractivity contribution >= 4 is 28.2 Å². The lowest BCUT2D eigenvalue weighted by atomic mass is 10.1. The van der Waals surface area contributed by atoms with Gasteiger partial charge in [0.1, 0.15) is 0 Å². The predicted octanol–water partition coefficient (Wildman–Crippen LogP) is 2.80. The van der Waals surface area contributed by atoms with Crippen LogP contribution in [0, 0.1) is 5.82 Å². The van der Waals surface area contributed by atoms with Gasteiger partial charge < -0.3 is 5.32 Å². The first-order valence-corrected chi connectivity index (χ1v) is 6.01. The van der Waals surface area contributed by atoms with Crippen molar-refractivity contribution in [1.29, 1.82) is 0 Å². The van der Waals surface area contributed by atoms with Crippen LogP contribution in [0.15, 0.2) is 48.7 Å². The third kappa shape index (κ3) is 2.36. The van der Waals surface area contributed by atoms with E-state index < -0.39 is 5.82 Å². The number of nitrogens with two attached hydrogens (primary N) is 1. The minimum Gasteiger partial charge on any atom is -0.338 e. The van der Waals surface area contributed by atoms with Gasteiger partial charge in [-0.25, -0.2) is 15.2 Å². The highest BCUT2D eigenvalue weighted by Gasteiger charge is 2.07. The van der Waals surface area contributed by atoms with Gasteiger partial charge in [-0.3, -0.25) is 5.43 Å². The van der Waals surface area contributed by atoms with Crippen molar-refractivity contribution < 1.29 is 4.39 Å². The van der Waals surface area contributed by atoms with Crippen LogP contribution in [0.25, 0.3) is 10.8 Å². The number of aromatic nitrogens is 2. The average Bonchev–Trinajstić information content (AvgIpc) is 2.49. The fourth-order valence-corrected chi connectivity index (χ4v) is 1.93. The Bertz CT molecular complexity index is 759. The van der Waals surface area contributed by atoms with Gasteiger partial charge in [0.2, 0.25) is 5.95 Å². The van der Waals surface area contributed by atoms with Gasteiger partial charge >= 0.3 is 0 Å². The summed E-state index contributed by atoms with van der Waals surface area (Å²) in [5.74, 6) is 4.89. The van der Waals surface area contributed by atoms with Gasteiger partial charge in [0.25, 0.3) is 0 Å². The predicted molar refractivity (Wildman–Crippen MR) is 77.0 cm³/mol. The van der Waals surface area contributed by atoms with Crippen LogP contribution in [0.3, 0.4) is 0 Å². The van der Waals surface area contributed by atoms with Gasteiger partial charge in [0.05, 0.1) is 6.20 Å². The summed E-state index contributed by atoms with van der Waals surface area (Å²) in [6, 6.07) is 13.7. The number of nitrogens with one attached hydrogen (secondary N) is 2. The number of nitrogens with zero attached hydrogens (tertiary/aromatic N) is 2. The lowest BCUT2D eigenvalue weighted by Crippen LogP contribution is -2.11. The molecular formula is C14H12FN5. The van der Waals surface area contributed by atoms with Crippen molar-refractivity contribution in [3.63, 3.8) is 0 Å². The number of rotatable bonds is 3. The Hall–Kier alpha value is -2.73. The summed E-state index contributed by atoms with van der Waals surface area (Å²) in [6.07, 6.45) is 1.06. The fraction of sp³-hybridized carbons (Fsp3) is 0. The van der Waals surface area contributed by atoms with Crippen molar-refractivity contribution in [1.82, 2.24) is 9.97 Å². The molecule has 4 N–H and O–H groups in total. The van der Waals surface area contributed by atoms with Crippen LogP contribution in [-0.4, -0.2) is 9.97 Å². The van der Waals surface area contributed by atoms with E-state index >= 15 is 0 Å². The van der Waals surface area contributed by atoms with E-state index in [1.54, 1.807) is 0 Å². The smallest absolute Gasteiger partial charge is 0.239 e. The van der Waals surface area contributed by atoms with E-state index in [4.69, 9.17) is 5.84 Å². The van der Waals surface area contributed by atoms with Crippen LogP contribution in [0.1, 0.15) is 0 Å². The minimum absolute atomic E-state index is 0.0724. The monoisotopic (exact) mass is 269 g/mol. The summed E-state index contributed by atoms with van der Waals surface area (Å²) in [5, 5.41) is 5.09. The lowest BCUT2D eigenvalue weighted by molar-refractivity contribution is 0.619. The van der Waals surface area contributed by atoms with Crippen molar-refractivity contribution in [3.05, 3.63) is 54.5 Å². The summed E-state index contributed by atoms with van der Waals surface area (Å²) < 4.78 is 13.6. The van der Waals surface area contributed by atoms with Crippen molar-refractivity contribution in [2.45, 2.75) is 0 Å². The topological polar surface area (TPSA) is 75.9 Å². The second-order valence-corrected chi connectivity index (χ2v) is 4.22. The van der Waals surface area contributed by atoms with E-state index in [2.05, 4.69) is 20.7 Å². The normalized spacial score (nSPS) is 10.5. The van der Waals surface area contributed by atoms with E-state index in [1.165, 1.54) is 0 Å². The van der Waals surface area contributed by atoms with Crippen molar-refractivity contribution in [2.75, 3.05) is 10.7 Å². The number of fused-ring (bicyclic) bond motifs is 1. The first-order chi connectivity index (χ1) is 9.76. The highest BCUT2D eigenvalue weighted by atomic mass is 19.1. The fourth-order valence-electron chi connectivity index (χ4n) is 1.93. The molecule has 2 aromatic carbocycles. The minimum atomic E-state index is -0.544. The maximum absolute atomic E-state index is 13.6. The molecule has 3 rings (SSSR count). The van der Waals surface area contributed by atoms with Gasteiger partial charge in [0.15, 0.2) is 11.6 Å². The summed E-state index contributed by atoms with van der Waals surface area (Å²) in [4.78, 5) is 7.62. The zero-order valence-corrected chi connectivity index (χ0v) is 10.5. The number of hydrazine groups is 1. The molecule has 0 radical (unpaired) electrons. The van der Waals surface area contributed by atoms with E-state index in [-0.39, 0.29) is 11.8 Å². The quantitative estimate of drug-likeness (QED) is 0.503. The van der Waals surface area contributed by atoms with Gasteiger partial charge in [0, 0.05) is 5.69 Å². The summed E-state index contributed by atoms with van der Waals surface area (Å²) in [5.41, 5.74) is 3.02. The molecule has 100 valence electrons. The first kappa shape index (κ1) is 12.3. The number of nitrogen functional groups attached to an aromatic ring is 1. The molecule has 0 bridgehead atoms. The van der Waals surface area contributed by atoms with Gasteiger partial charge in [-0.05, 0) is 22.9 Å². The first-order valence-electron chi connectivity index (χ1n) is 6.01. The Morgan fingerprint density at radius 2 is 1.85 bits per heavy atom. The molecule has 5 nitrogen and oxygen atoms in total. The molecule has 1 heterocycles. The molecule has 0 saturated carbocycles. The van der Waals surface area contributed by atoms with Crippen LogP contribution >= 0.6 is 0 Å². The number of benzene rings is 2. The number of halogens is 1. The third-order valence-corrected chi connectivity index (χ3v) is 2.89. The largest absolute Gasteiger partial charge is 0.338 e. The summed E-state index contributed by atoms with van der Waals surface area (Å²) in [6.45, 7) is 0. The number of anilines is 3. The molecule has 0 fully saturated rings. The van der Waals surface area contributed by atoms with Gasteiger partial charge in [-0.2, -0.15) is 4.98 Å². The Kier molecular flexibility index (Phi) is 3.14. The van der Waals surface area contributed by atoms with E-state index in [0.717, 1.165) is 22.7 Å². The molecule has 1 aromatic heterocycles. The second-order valence-electron chi connectivity index (χ2n) is 4.22. The van der Waals surface area contributed by atoms with Crippen molar-refractivity contribution in [3.8, 4) is 0 Å². The van der Waals surface area contributed by atoms with Crippen LogP contribution in [-0.2, 0) is 0 Å². The molecule has 3 aromatic rings.